The molecule has 4 nitrogen and oxygen atoms in total. The fraction of sp³-hybridized carbons (Fsp3) is 0.0741. The Balaban J connectivity index is 0.913. The zero-order valence-electron chi connectivity index (χ0n) is 31.8. The first kappa shape index (κ1) is 32.9. The fourth-order valence-electron chi connectivity index (χ4n) is 9.46. The SMILES string of the molecule is C1=CC(N(C2=CCC(c3ccc4c5ccccc5n(-c5ccccc5)c4c3)C=C2)c2cccc3c2oc2ccccc23)CC=C1c1ccc2oc3ccccc3c2c1. The van der Waals surface area contributed by atoms with Gasteiger partial charge in [-0.1, -0.05) is 134 Å². The summed E-state index contributed by atoms with van der Waals surface area (Å²) < 4.78 is 15.2. The number of aromatic nitrogens is 1. The van der Waals surface area contributed by atoms with Gasteiger partial charge in [-0.2, -0.15) is 0 Å². The van der Waals surface area contributed by atoms with Crippen LogP contribution < -0.4 is 4.90 Å². The Kier molecular flexibility index (Phi) is 7.45. The number of para-hydroxylation sites is 5. The zero-order chi connectivity index (χ0) is 38.2. The van der Waals surface area contributed by atoms with E-state index in [1.54, 1.807) is 0 Å². The summed E-state index contributed by atoms with van der Waals surface area (Å²) >= 11 is 0. The van der Waals surface area contributed by atoms with E-state index in [0.29, 0.717) is 0 Å². The predicted octanol–water partition coefficient (Wildman–Crippen LogP) is 14.4. The second-order valence-electron chi connectivity index (χ2n) is 15.5. The Bertz CT molecular complexity index is 3370. The molecule has 0 saturated heterocycles. The summed E-state index contributed by atoms with van der Waals surface area (Å²) in [6, 6.07) is 56.3. The number of hydrogen-bond donors (Lipinski definition) is 0. The van der Waals surface area contributed by atoms with Crippen LogP contribution >= 0.6 is 0 Å². The maximum Gasteiger partial charge on any atom is 0.159 e. The molecule has 7 aromatic carbocycles. The summed E-state index contributed by atoms with van der Waals surface area (Å²) in [5.41, 5.74) is 13.3. The van der Waals surface area contributed by atoms with Crippen molar-refractivity contribution in [2.24, 2.45) is 0 Å². The van der Waals surface area contributed by atoms with Crippen LogP contribution in [0.3, 0.4) is 0 Å². The maximum absolute atomic E-state index is 6.67. The Hall–Kier alpha value is -7.30. The number of benzene rings is 7. The van der Waals surface area contributed by atoms with E-state index in [1.165, 1.54) is 49.9 Å². The first-order valence-corrected chi connectivity index (χ1v) is 20.2. The van der Waals surface area contributed by atoms with Gasteiger partial charge in [-0.15, -0.1) is 0 Å². The standard InChI is InChI=1S/C54H38N2O2/c1-2-11-39(12-3-1)56-48-17-7-4-13-42(48)43-31-25-38(34-50(43)56)36-23-29-41(30-24-36)55(49-18-10-16-46-44-14-5-9-20-52(44)58-54(46)49)40-27-21-35(22-28-40)37-26-32-53-47(33-37)45-15-6-8-19-51(45)57-53/h1-23,25-27,29-34,36,40H,24,28H2. The minimum atomic E-state index is 0.0893. The lowest BCUT2D eigenvalue weighted by molar-refractivity contribution is 0.662. The number of nitrogens with zero attached hydrogens (tertiary/aromatic N) is 2. The first-order chi connectivity index (χ1) is 28.7. The molecule has 0 bridgehead atoms. The van der Waals surface area contributed by atoms with Gasteiger partial charge >= 0.3 is 0 Å². The van der Waals surface area contributed by atoms with E-state index in [2.05, 4.69) is 185 Å². The van der Waals surface area contributed by atoms with Crippen LogP contribution in [0.1, 0.15) is 29.9 Å². The van der Waals surface area contributed by atoms with Crippen LogP contribution in [0.2, 0.25) is 0 Å². The monoisotopic (exact) mass is 746 g/mol. The highest BCUT2D eigenvalue weighted by Gasteiger charge is 2.27. The topological polar surface area (TPSA) is 34.5 Å². The highest BCUT2D eigenvalue weighted by molar-refractivity contribution is 6.11. The molecule has 0 amide bonds. The molecular weight excluding hydrogens is 709 g/mol. The van der Waals surface area contributed by atoms with Crippen molar-refractivity contribution in [3.8, 4) is 5.69 Å². The van der Waals surface area contributed by atoms with Gasteiger partial charge in [0, 0.05) is 49.6 Å². The van der Waals surface area contributed by atoms with Gasteiger partial charge in [-0.25, -0.2) is 0 Å². The summed E-state index contributed by atoms with van der Waals surface area (Å²) in [5, 5.41) is 7.12. The lowest BCUT2D eigenvalue weighted by atomic mass is 9.89. The van der Waals surface area contributed by atoms with Crippen LogP contribution in [-0.4, -0.2) is 10.6 Å². The largest absolute Gasteiger partial charge is 0.456 e. The first-order valence-electron chi connectivity index (χ1n) is 20.2. The Morgan fingerprint density at radius 3 is 2.03 bits per heavy atom. The molecule has 0 aliphatic heterocycles. The molecule has 0 saturated carbocycles. The van der Waals surface area contributed by atoms with Gasteiger partial charge in [0.05, 0.1) is 22.8 Å². The number of furan rings is 2. The van der Waals surface area contributed by atoms with Gasteiger partial charge in [0.2, 0.25) is 0 Å². The minimum Gasteiger partial charge on any atom is -0.456 e. The Morgan fingerprint density at radius 2 is 1.22 bits per heavy atom. The van der Waals surface area contributed by atoms with Crippen molar-refractivity contribution >= 4 is 76.9 Å². The highest BCUT2D eigenvalue weighted by Crippen LogP contribution is 2.42. The van der Waals surface area contributed by atoms with E-state index in [-0.39, 0.29) is 12.0 Å². The van der Waals surface area contributed by atoms with Crippen molar-refractivity contribution in [2.75, 3.05) is 4.90 Å². The molecular formula is C54H38N2O2. The van der Waals surface area contributed by atoms with Crippen LogP contribution in [-0.2, 0) is 0 Å². The van der Waals surface area contributed by atoms with E-state index in [9.17, 15) is 0 Å². The molecule has 2 unspecified atom stereocenters. The molecule has 0 N–H and O–H groups in total. The van der Waals surface area contributed by atoms with Crippen LogP contribution in [0.25, 0.3) is 76.9 Å². The van der Waals surface area contributed by atoms with E-state index in [4.69, 9.17) is 8.83 Å². The number of fused-ring (bicyclic) bond motifs is 9. The lowest BCUT2D eigenvalue weighted by Crippen LogP contribution is -2.34. The van der Waals surface area contributed by atoms with E-state index in [1.807, 2.05) is 18.2 Å². The molecule has 12 rings (SSSR count). The van der Waals surface area contributed by atoms with Crippen molar-refractivity contribution in [1.82, 2.24) is 4.57 Å². The molecule has 276 valence electrons. The van der Waals surface area contributed by atoms with Gasteiger partial charge in [0.15, 0.2) is 5.58 Å². The minimum absolute atomic E-state index is 0.0893. The van der Waals surface area contributed by atoms with Crippen LogP contribution in [0.4, 0.5) is 5.69 Å². The van der Waals surface area contributed by atoms with Gasteiger partial charge in [-0.3, -0.25) is 0 Å². The van der Waals surface area contributed by atoms with Crippen molar-refractivity contribution in [2.45, 2.75) is 24.8 Å². The van der Waals surface area contributed by atoms with E-state index in [0.717, 1.165) is 62.4 Å². The molecule has 10 aromatic rings. The summed E-state index contributed by atoms with van der Waals surface area (Å²) in [6.07, 6.45) is 15.9. The molecule has 2 atom stereocenters. The van der Waals surface area contributed by atoms with Gasteiger partial charge in [0.25, 0.3) is 0 Å². The van der Waals surface area contributed by atoms with Crippen LogP contribution in [0.5, 0.6) is 0 Å². The third-order valence-corrected chi connectivity index (χ3v) is 12.3. The van der Waals surface area contributed by atoms with Gasteiger partial charge < -0.3 is 18.3 Å². The summed E-state index contributed by atoms with van der Waals surface area (Å²) in [4.78, 5) is 2.49. The zero-order valence-corrected chi connectivity index (χ0v) is 31.8. The van der Waals surface area contributed by atoms with Crippen molar-refractivity contribution in [3.63, 3.8) is 0 Å². The number of allylic oxidation sites excluding steroid dienone is 5. The van der Waals surface area contributed by atoms with E-state index < -0.39 is 0 Å². The van der Waals surface area contributed by atoms with E-state index >= 15 is 0 Å². The molecule has 4 heteroatoms. The molecule has 2 aliphatic carbocycles. The molecule has 58 heavy (non-hydrogen) atoms. The highest BCUT2D eigenvalue weighted by atomic mass is 16.3. The van der Waals surface area contributed by atoms with Crippen molar-refractivity contribution < 1.29 is 8.83 Å². The number of hydrogen-bond acceptors (Lipinski definition) is 3. The molecule has 2 aliphatic rings. The average molecular weight is 747 g/mol. The summed E-state index contributed by atoms with van der Waals surface area (Å²) in [5.74, 6) is 0.251. The molecule has 3 heterocycles. The molecule has 0 spiro atoms. The quantitative estimate of drug-likeness (QED) is 0.170. The number of anilines is 1. The average Bonchev–Trinajstić information content (AvgIpc) is 3.97. The van der Waals surface area contributed by atoms with Crippen molar-refractivity contribution in [3.05, 3.63) is 211 Å². The third kappa shape index (κ3) is 5.22. The second-order valence-corrected chi connectivity index (χ2v) is 15.5. The number of rotatable bonds is 6. The maximum atomic E-state index is 6.67. The summed E-state index contributed by atoms with van der Waals surface area (Å²) in [7, 11) is 0. The van der Waals surface area contributed by atoms with Crippen molar-refractivity contribution in [1.29, 1.82) is 0 Å². The Labute approximate surface area is 335 Å². The molecule has 3 aromatic heterocycles. The Morgan fingerprint density at radius 1 is 0.500 bits per heavy atom. The van der Waals surface area contributed by atoms with Gasteiger partial charge in [0.1, 0.15) is 16.7 Å². The van der Waals surface area contributed by atoms with Gasteiger partial charge in [-0.05, 0) is 90.2 Å². The smallest absolute Gasteiger partial charge is 0.159 e. The summed E-state index contributed by atoms with van der Waals surface area (Å²) in [6.45, 7) is 0. The lowest BCUT2D eigenvalue weighted by Gasteiger charge is -2.35. The van der Waals surface area contributed by atoms with Crippen LogP contribution in [0, 0.1) is 0 Å². The second kappa shape index (κ2) is 13.1. The molecule has 0 radical (unpaired) electrons. The third-order valence-electron chi connectivity index (χ3n) is 12.3. The normalized spacial score (nSPS) is 16.9. The molecule has 0 fully saturated rings. The van der Waals surface area contributed by atoms with Crippen LogP contribution in [0.15, 0.2) is 209 Å². The fourth-order valence-corrected chi connectivity index (χ4v) is 9.46. The predicted molar refractivity (Wildman–Crippen MR) is 241 cm³/mol.